The van der Waals surface area contributed by atoms with Crippen molar-refractivity contribution in [3.8, 4) is 10.6 Å². The minimum atomic E-state index is -0.559. The highest BCUT2D eigenvalue weighted by molar-refractivity contribution is 7.13. The van der Waals surface area contributed by atoms with Crippen LogP contribution in [0.5, 0.6) is 0 Å². The van der Waals surface area contributed by atoms with Gasteiger partial charge in [-0.2, -0.15) is 0 Å². The van der Waals surface area contributed by atoms with Crippen LogP contribution in [0.1, 0.15) is 0 Å². The molecule has 1 heterocycles. The van der Waals surface area contributed by atoms with E-state index in [1.807, 2.05) is 0 Å². The minimum Gasteiger partial charge on any atom is -0.258 e. The van der Waals surface area contributed by atoms with Crippen molar-refractivity contribution in [2.45, 2.75) is 0 Å². The van der Waals surface area contributed by atoms with E-state index in [-0.39, 0.29) is 11.3 Å². The molecular formula is C9H5FN2O2S. The van der Waals surface area contributed by atoms with E-state index in [9.17, 15) is 14.5 Å². The molecule has 2 rings (SSSR count). The van der Waals surface area contributed by atoms with Gasteiger partial charge < -0.3 is 0 Å². The van der Waals surface area contributed by atoms with Crippen LogP contribution >= 0.6 is 11.3 Å². The van der Waals surface area contributed by atoms with Crippen LogP contribution in [0.3, 0.4) is 0 Å². The Morgan fingerprint density at radius 2 is 2.27 bits per heavy atom. The topological polar surface area (TPSA) is 56.0 Å². The quantitative estimate of drug-likeness (QED) is 0.582. The molecule has 0 spiro atoms. The Labute approximate surface area is 88.2 Å². The number of hydrogen-bond acceptors (Lipinski definition) is 4. The van der Waals surface area contributed by atoms with Crippen molar-refractivity contribution >= 4 is 17.0 Å². The number of thiazole rings is 1. The average molecular weight is 224 g/mol. The number of halogens is 1. The first-order valence-electron chi connectivity index (χ1n) is 4.02. The maximum absolute atomic E-state index is 13.3. The van der Waals surface area contributed by atoms with E-state index in [1.165, 1.54) is 23.6 Å². The zero-order valence-corrected chi connectivity index (χ0v) is 8.20. The summed E-state index contributed by atoms with van der Waals surface area (Å²) in [7, 11) is 0. The molecule has 0 aliphatic rings. The fourth-order valence-electron chi connectivity index (χ4n) is 1.15. The van der Waals surface area contributed by atoms with Crippen LogP contribution < -0.4 is 0 Å². The summed E-state index contributed by atoms with van der Waals surface area (Å²) in [5.74, 6) is -0.504. The van der Waals surface area contributed by atoms with Gasteiger partial charge in [0.25, 0.3) is 5.69 Å². The summed E-state index contributed by atoms with van der Waals surface area (Å²) < 4.78 is 13.3. The summed E-state index contributed by atoms with van der Waals surface area (Å²) in [6.07, 6.45) is 1.53. The van der Waals surface area contributed by atoms with Gasteiger partial charge in [0.1, 0.15) is 10.8 Å². The van der Waals surface area contributed by atoms with Crippen molar-refractivity contribution < 1.29 is 9.31 Å². The van der Waals surface area contributed by atoms with E-state index in [4.69, 9.17) is 0 Å². The maximum atomic E-state index is 13.3. The summed E-state index contributed by atoms with van der Waals surface area (Å²) in [5, 5.41) is 12.6. The van der Waals surface area contributed by atoms with Crippen LogP contribution in [0.25, 0.3) is 10.6 Å². The summed E-state index contributed by atoms with van der Waals surface area (Å²) >= 11 is 1.24. The van der Waals surface area contributed by atoms with Gasteiger partial charge in [-0.15, -0.1) is 11.3 Å². The molecule has 0 aliphatic heterocycles. The Bertz CT molecular complexity index is 499. The summed E-state index contributed by atoms with van der Waals surface area (Å²) in [4.78, 5) is 13.8. The third-order valence-electron chi connectivity index (χ3n) is 1.82. The highest BCUT2D eigenvalue weighted by Crippen LogP contribution is 2.28. The molecule has 0 unspecified atom stereocenters. The molecule has 0 aliphatic carbocycles. The van der Waals surface area contributed by atoms with Gasteiger partial charge in [0.2, 0.25) is 0 Å². The predicted molar refractivity (Wildman–Crippen MR) is 54.2 cm³/mol. The van der Waals surface area contributed by atoms with Crippen molar-refractivity contribution in [3.05, 3.63) is 45.7 Å². The second kappa shape index (κ2) is 3.74. The summed E-state index contributed by atoms with van der Waals surface area (Å²) in [5.41, 5.74) is 0.0285. The highest BCUT2D eigenvalue weighted by Gasteiger charge is 2.13. The zero-order valence-electron chi connectivity index (χ0n) is 7.38. The van der Waals surface area contributed by atoms with Crippen molar-refractivity contribution in [3.63, 3.8) is 0 Å². The van der Waals surface area contributed by atoms with Gasteiger partial charge in [-0.25, -0.2) is 9.37 Å². The van der Waals surface area contributed by atoms with Crippen molar-refractivity contribution in [1.29, 1.82) is 0 Å². The fourth-order valence-corrected chi connectivity index (χ4v) is 1.80. The Morgan fingerprint density at radius 1 is 1.47 bits per heavy atom. The fraction of sp³-hybridized carbons (Fsp3) is 0. The van der Waals surface area contributed by atoms with E-state index < -0.39 is 10.7 Å². The number of aromatic nitrogens is 1. The van der Waals surface area contributed by atoms with Crippen molar-refractivity contribution in [2.24, 2.45) is 0 Å². The average Bonchev–Trinajstić information content (AvgIpc) is 2.71. The predicted octanol–water partition coefficient (Wildman–Crippen LogP) is 2.86. The molecule has 2 aromatic rings. The number of hydrogen-bond donors (Lipinski definition) is 0. The van der Waals surface area contributed by atoms with Crippen LogP contribution in [0.15, 0.2) is 29.8 Å². The molecule has 0 bridgehead atoms. The Morgan fingerprint density at radius 3 is 2.87 bits per heavy atom. The molecule has 1 aromatic carbocycles. The minimum absolute atomic E-state index is 0.137. The van der Waals surface area contributed by atoms with Crippen LogP contribution in [0, 0.1) is 15.9 Å². The van der Waals surface area contributed by atoms with Crippen molar-refractivity contribution in [1.82, 2.24) is 4.98 Å². The van der Waals surface area contributed by atoms with E-state index in [1.54, 1.807) is 5.38 Å². The maximum Gasteiger partial charge on any atom is 0.270 e. The number of rotatable bonds is 2. The monoisotopic (exact) mass is 224 g/mol. The molecule has 76 valence electrons. The lowest BCUT2D eigenvalue weighted by atomic mass is 10.2. The third-order valence-corrected chi connectivity index (χ3v) is 2.63. The molecular weight excluding hydrogens is 219 g/mol. The molecule has 0 N–H and O–H groups in total. The molecule has 0 saturated heterocycles. The van der Waals surface area contributed by atoms with E-state index >= 15 is 0 Å². The van der Waals surface area contributed by atoms with E-state index in [0.29, 0.717) is 5.01 Å². The van der Waals surface area contributed by atoms with Crippen LogP contribution in [0.4, 0.5) is 10.1 Å². The lowest BCUT2D eigenvalue weighted by Gasteiger charge is -1.98. The molecule has 4 nitrogen and oxygen atoms in total. The third kappa shape index (κ3) is 1.84. The van der Waals surface area contributed by atoms with Crippen LogP contribution in [-0.2, 0) is 0 Å². The molecule has 15 heavy (non-hydrogen) atoms. The van der Waals surface area contributed by atoms with Crippen LogP contribution in [0.2, 0.25) is 0 Å². The summed E-state index contributed by atoms with van der Waals surface area (Å²) in [6.45, 7) is 0. The lowest BCUT2D eigenvalue weighted by molar-refractivity contribution is -0.384. The molecule has 1 aromatic heterocycles. The van der Waals surface area contributed by atoms with Gasteiger partial charge in [-0.05, 0) is 6.07 Å². The zero-order chi connectivity index (χ0) is 10.8. The first kappa shape index (κ1) is 9.72. The number of nitro groups is 1. The SMILES string of the molecule is O=[N+]([O-])c1ccc(F)c(-c2nccs2)c1. The van der Waals surface area contributed by atoms with Gasteiger partial charge in [0.05, 0.1) is 10.5 Å². The molecule has 0 saturated carbocycles. The Balaban J connectivity index is 2.55. The highest BCUT2D eigenvalue weighted by atomic mass is 32.1. The van der Waals surface area contributed by atoms with Gasteiger partial charge in [0, 0.05) is 23.7 Å². The van der Waals surface area contributed by atoms with Gasteiger partial charge in [-0.1, -0.05) is 0 Å². The largest absolute Gasteiger partial charge is 0.270 e. The van der Waals surface area contributed by atoms with E-state index in [0.717, 1.165) is 12.1 Å². The molecule has 0 radical (unpaired) electrons. The van der Waals surface area contributed by atoms with Gasteiger partial charge in [-0.3, -0.25) is 10.1 Å². The van der Waals surface area contributed by atoms with Gasteiger partial charge >= 0.3 is 0 Å². The number of non-ortho nitro benzene ring substituents is 1. The molecule has 0 amide bonds. The second-order valence-corrected chi connectivity index (χ2v) is 3.65. The number of nitrogens with zero attached hydrogens (tertiary/aromatic N) is 2. The smallest absolute Gasteiger partial charge is 0.258 e. The van der Waals surface area contributed by atoms with Crippen LogP contribution in [-0.4, -0.2) is 9.91 Å². The summed E-state index contributed by atoms with van der Waals surface area (Å²) in [6, 6.07) is 3.40. The lowest BCUT2D eigenvalue weighted by Crippen LogP contribution is -1.90. The number of benzene rings is 1. The Hall–Kier alpha value is -1.82. The molecule has 0 fully saturated rings. The number of nitro benzene ring substituents is 1. The Kier molecular flexibility index (Phi) is 2.42. The van der Waals surface area contributed by atoms with E-state index in [2.05, 4.69) is 4.98 Å². The van der Waals surface area contributed by atoms with Gasteiger partial charge in [0.15, 0.2) is 0 Å². The molecule has 0 atom stereocenters. The first-order chi connectivity index (χ1) is 7.18. The normalized spacial score (nSPS) is 10.2. The molecule has 6 heteroatoms. The second-order valence-electron chi connectivity index (χ2n) is 2.76. The van der Waals surface area contributed by atoms with Crippen molar-refractivity contribution in [2.75, 3.05) is 0 Å². The first-order valence-corrected chi connectivity index (χ1v) is 4.90. The standard InChI is InChI=1S/C9H5FN2O2S/c10-8-2-1-6(12(13)14)5-7(8)9-11-3-4-15-9/h1-5H.